The van der Waals surface area contributed by atoms with Crippen molar-refractivity contribution in [1.82, 2.24) is 10.0 Å². The monoisotopic (exact) mass is 326 g/mol. The average Bonchev–Trinajstić information content (AvgIpc) is 2.99. The van der Waals surface area contributed by atoms with Crippen LogP contribution in [-0.4, -0.2) is 34.2 Å². The predicted molar refractivity (Wildman–Crippen MR) is 87.6 cm³/mol. The molecule has 1 aliphatic rings. The first-order chi connectivity index (χ1) is 10.5. The van der Waals surface area contributed by atoms with Crippen molar-refractivity contribution in [3.05, 3.63) is 24.3 Å². The Morgan fingerprint density at radius 2 is 2.05 bits per heavy atom. The van der Waals surface area contributed by atoms with E-state index in [0.29, 0.717) is 24.8 Å². The number of hydrogen-bond donors (Lipinski definition) is 2. The van der Waals surface area contributed by atoms with Crippen molar-refractivity contribution < 1.29 is 13.2 Å². The minimum atomic E-state index is -3.44. The van der Waals surface area contributed by atoms with Crippen molar-refractivity contribution in [2.24, 2.45) is 5.92 Å². The van der Waals surface area contributed by atoms with Crippen LogP contribution in [-0.2, 0) is 10.0 Å². The normalized spacial score (nSPS) is 18.8. The van der Waals surface area contributed by atoms with Crippen LogP contribution in [0.25, 0.3) is 0 Å². The maximum Gasteiger partial charge on any atom is 0.240 e. The molecule has 6 heteroatoms. The Hall–Kier alpha value is -1.11. The van der Waals surface area contributed by atoms with E-state index in [1.54, 1.807) is 24.3 Å². The van der Waals surface area contributed by atoms with Gasteiger partial charge in [0.25, 0.3) is 0 Å². The Morgan fingerprint density at radius 3 is 2.64 bits per heavy atom. The van der Waals surface area contributed by atoms with E-state index in [1.165, 1.54) is 0 Å². The fraction of sp³-hybridized carbons (Fsp3) is 0.625. The summed E-state index contributed by atoms with van der Waals surface area (Å²) in [6.45, 7) is 6.34. The predicted octanol–water partition coefficient (Wildman–Crippen LogP) is 2.14. The van der Waals surface area contributed by atoms with Gasteiger partial charge in [0.1, 0.15) is 5.75 Å². The summed E-state index contributed by atoms with van der Waals surface area (Å²) in [6, 6.07) is 6.85. The third-order valence-electron chi connectivity index (χ3n) is 3.78. The Balaban J connectivity index is 1.87. The number of hydrogen-bond acceptors (Lipinski definition) is 4. The van der Waals surface area contributed by atoms with E-state index >= 15 is 0 Å². The number of nitrogens with one attached hydrogen (secondary N) is 2. The summed E-state index contributed by atoms with van der Waals surface area (Å²) in [7, 11) is -3.44. The van der Waals surface area contributed by atoms with Crippen LogP contribution >= 0.6 is 0 Å². The van der Waals surface area contributed by atoms with Gasteiger partial charge in [-0.2, -0.15) is 0 Å². The van der Waals surface area contributed by atoms with Crippen molar-refractivity contribution in [3.63, 3.8) is 0 Å². The first-order valence-corrected chi connectivity index (χ1v) is 9.41. The highest BCUT2D eigenvalue weighted by Crippen LogP contribution is 2.17. The second kappa shape index (κ2) is 7.94. The highest BCUT2D eigenvalue weighted by atomic mass is 32.2. The summed E-state index contributed by atoms with van der Waals surface area (Å²) in [5.41, 5.74) is 0. The largest absolute Gasteiger partial charge is 0.494 e. The molecule has 1 heterocycles. The molecule has 0 aromatic heterocycles. The third kappa shape index (κ3) is 5.26. The van der Waals surface area contributed by atoms with E-state index in [9.17, 15) is 8.42 Å². The molecule has 1 aromatic rings. The van der Waals surface area contributed by atoms with E-state index in [-0.39, 0.29) is 10.9 Å². The van der Waals surface area contributed by atoms with Crippen LogP contribution in [0.4, 0.5) is 0 Å². The molecular weight excluding hydrogens is 300 g/mol. The van der Waals surface area contributed by atoms with Gasteiger partial charge in [0, 0.05) is 12.6 Å². The van der Waals surface area contributed by atoms with Crippen LogP contribution < -0.4 is 14.8 Å². The highest BCUT2D eigenvalue weighted by Gasteiger charge is 2.19. The van der Waals surface area contributed by atoms with Crippen molar-refractivity contribution in [3.8, 4) is 5.75 Å². The zero-order chi connectivity index (χ0) is 16.0. The molecule has 0 saturated carbocycles. The fourth-order valence-electron chi connectivity index (χ4n) is 2.35. The first-order valence-electron chi connectivity index (χ1n) is 7.93. The highest BCUT2D eigenvalue weighted by molar-refractivity contribution is 7.89. The van der Waals surface area contributed by atoms with E-state index in [1.807, 2.05) is 0 Å². The van der Waals surface area contributed by atoms with Crippen molar-refractivity contribution in [1.29, 1.82) is 0 Å². The topological polar surface area (TPSA) is 67.4 Å². The molecule has 1 aromatic carbocycles. The van der Waals surface area contributed by atoms with Crippen LogP contribution in [0.3, 0.4) is 0 Å². The van der Waals surface area contributed by atoms with Crippen molar-refractivity contribution in [2.45, 2.75) is 44.0 Å². The van der Waals surface area contributed by atoms with Gasteiger partial charge in [0.15, 0.2) is 0 Å². The Labute approximate surface area is 133 Å². The molecule has 0 amide bonds. The average molecular weight is 326 g/mol. The molecule has 1 fully saturated rings. The molecule has 0 spiro atoms. The molecule has 1 aliphatic heterocycles. The molecule has 2 N–H and O–H groups in total. The molecule has 2 rings (SSSR count). The molecule has 5 nitrogen and oxygen atoms in total. The Morgan fingerprint density at radius 1 is 1.32 bits per heavy atom. The lowest BCUT2D eigenvalue weighted by Crippen LogP contribution is -2.37. The van der Waals surface area contributed by atoms with Gasteiger partial charge in [0.05, 0.1) is 11.5 Å². The lowest BCUT2D eigenvalue weighted by Gasteiger charge is -2.12. The molecular formula is C16H26N2O3S. The van der Waals surface area contributed by atoms with Gasteiger partial charge in [-0.3, -0.25) is 0 Å². The molecule has 0 bridgehead atoms. The third-order valence-corrected chi connectivity index (χ3v) is 5.22. The molecule has 1 saturated heterocycles. The quantitative estimate of drug-likeness (QED) is 0.768. The zero-order valence-electron chi connectivity index (χ0n) is 13.3. The SMILES string of the molecule is CC(C)CCOc1ccc(S(=O)(=O)NCC2CCCN2)cc1. The standard InChI is InChI=1S/C16H26N2O3S/c1-13(2)9-11-21-15-5-7-16(8-6-15)22(19,20)18-12-14-4-3-10-17-14/h5-8,13-14,17-18H,3-4,9-12H2,1-2H3. The van der Waals surface area contributed by atoms with Gasteiger partial charge < -0.3 is 10.1 Å². The van der Waals surface area contributed by atoms with E-state index < -0.39 is 10.0 Å². The number of ether oxygens (including phenoxy) is 1. The van der Waals surface area contributed by atoms with E-state index in [2.05, 4.69) is 23.9 Å². The van der Waals surface area contributed by atoms with Crippen LogP contribution in [0.15, 0.2) is 29.2 Å². The van der Waals surface area contributed by atoms with Crippen LogP contribution in [0.2, 0.25) is 0 Å². The second-order valence-corrected chi connectivity index (χ2v) is 7.91. The molecule has 0 aliphatic carbocycles. The van der Waals surface area contributed by atoms with Gasteiger partial charge in [-0.1, -0.05) is 13.8 Å². The molecule has 124 valence electrons. The summed E-state index contributed by atoms with van der Waals surface area (Å²) in [6.07, 6.45) is 3.11. The number of rotatable bonds is 8. The van der Waals surface area contributed by atoms with E-state index in [0.717, 1.165) is 25.8 Å². The van der Waals surface area contributed by atoms with Gasteiger partial charge in [-0.05, 0) is 56.0 Å². The molecule has 0 radical (unpaired) electrons. The summed E-state index contributed by atoms with van der Waals surface area (Å²) in [5, 5.41) is 3.28. The molecule has 1 unspecified atom stereocenters. The summed E-state index contributed by atoms with van der Waals surface area (Å²) < 4.78 is 32.7. The van der Waals surface area contributed by atoms with Crippen molar-refractivity contribution >= 4 is 10.0 Å². The summed E-state index contributed by atoms with van der Waals surface area (Å²) >= 11 is 0. The number of sulfonamides is 1. The first kappa shape index (κ1) is 17.2. The Kier molecular flexibility index (Phi) is 6.23. The summed E-state index contributed by atoms with van der Waals surface area (Å²) in [4.78, 5) is 0.279. The zero-order valence-corrected chi connectivity index (χ0v) is 14.2. The molecule has 22 heavy (non-hydrogen) atoms. The lowest BCUT2D eigenvalue weighted by molar-refractivity contribution is 0.289. The second-order valence-electron chi connectivity index (χ2n) is 6.15. The molecule has 1 atom stereocenters. The maximum absolute atomic E-state index is 12.2. The minimum Gasteiger partial charge on any atom is -0.494 e. The Bertz CT molecular complexity index is 549. The van der Waals surface area contributed by atoms with Crippen LogP contribution in [0.5, 0.6) is 5.75 Å². The van der Waals surface area contributed by atoms with Gasteiger partial charge >= 0.3 is 0 Å². The van der Waals surface area contributed by atoms with Gasteiger partial charge in [0.2, 0.25) is 10.0 Å². The fourth-order valence-corrected chi connectivity index (χ4v) is 3.43. The van der Waals surface area contributed by atoms with Crippen molar-refractivity contribution in [2.75, 3.05) is 19.7 Å². The summed E-state index contributed by atoms with van der Waals surface area (Å²) in [5.74, 6) is 1.30. The van der Waals surface area contributed by atoms with Gasteiger partial charge in [-0.25, -0.2) is 13.1 Å². The van der Waals surface area contributed by atoms with Crippen LogP contribution in [0.1, 0.15) is 33.1 Å². The number of benzene rings is 1. The van der Waals surface area contributed by atoms with Crippen LogP contribution in [0, 0.1) is 5.92 Å². The smallest absolute Gasteiger partial charge is 0.240 e. The minimum absolute atomic E-state index is 0.244. The lowest BCUT2D eigenvalue weighted by atomic mass is 10.1. The maximum atomic E-state index is 12.2. The van der Waals surface area contributed by atoms with Gasteiger partial charge in [-0.15, -0.1) is 0 Å². The van der Waals surface area contributed by atoms with E-state index in [4.69, 9.17) is 4.74 Å².